The lowest BCUT2D eigenvalue weighted by Gasteiger charge is -1.95. The van der Waals surface area contributed by atoms with Crippen molar-refractivity contribution in [1.82, 2.24) is 9.38 Å². The van der Waals surface area contributed by atoms with E-state index < -0.39 is 4.92 Å². The topological polar surface area (TPSA) is 60.4 Å². The standard InChI is InChI=1S/C14H11N3O2/c1-10-4-3-7-16-9-13(15-14(10)16)11-5-2-6-12(8-11)17(18)19/h2-9H,1H3. The Labute approximate surface area is 109 Å². The maximum atomic E-state index is 10.8. The molecule has 5 heteroatoms. The second-order valence-electron chi connectivity index (χ2n) is 4.36. The molecule has 0 bridgehead atoms. The van der Waals surface area contributed by atoms with Gasteiger partial charge in [-0.2, -0.15) is 0 Å². The van der Waals surface area contributed by atoms with Crippen molar-refractivity contribution in [3.8, 4) is 11.3 Å². The summed E-state index contributed by atoms with van der Waals surface area (Å²) in [5.41, 5.74) is 3.49. The van der Waals surface area contributed by atoms with Crippen molar-refractivity contribution >= 4 is 11.3 Å². The van der Waals surface area contributed by atoms with Gasteiger partial charge in [-0.15, -0.1) is 0 Å². The largest absolute Gasteiger partial charge is 0.306 e. The highest BCUT2D eigenvalue weighted by atomic mass is 16.6. The monoisotopic (exact) mass is 253 g/mol. The van der Waals surface area contributed by atoms with E-state index in [0.29, 0.717) is 0 Å². The zero-order valence-corrected chi connectivity index (χ0v) is 10.3. The summed E-state index contributed by atoms with van der Waals surface area (Å²) in [6, 6.07) is 10.4. The van der Waals surface area contributed by atoms with E-state index in [1.54, 1.807) is 6.07 Å². The fourth-order valence-electron chi connectivity index (χ4n) is 2.07. The highest BCUT2D eigenvalue weighted by Crippen LogP contribution is 2.24. The minimum absolute atomic E-state index is 0.0753. The number of fused-ring (bicyclic) bond motifs is 1. The lowest BCUT2D eigenvalue weighted by atomic mass is 10.1. The third kappa shape index (κ3) is 1.95. The molecular formula is C14H11N3O2. The van der Waals surface area contributed by atoms with Gasteiger partial charge in [-0.3, -0.25) is 10.1 Å². The highest BCUT2D eigenvalue weighted by Gasteiger charge is 2.10. The number of hydrogen-bond donors (Lipinski definition) is 0. The molecule has 1 aromatic carbocycles. The van der Waals surface area contributed by atoms with Crippen molar-refractivity contribution in [2.75, 3.05) is 0 Å². The van der Waals surface area contributed by atoms with Crippen LogP contribution in [0.15, 0.2) is 48.8 Å². The normalized spacial score (nSPS) is 10.8. The number of imidazole rings is 1. The summed E-state index contributed by atoms with van der Waals surface area (Å²) in [5, 5.41) is 10.8. The van der Waals surface area contributed by atoms with Crippen LogP contribution in [0.25, 0.3) is 16.9 Å². The molecule has 3 rings (SSSR count). The molecule has 2 aromatic heterocycles. The molecule has 2 heterocycles. The molecule has 0 atom stereocenters. The van der Waals surface area contributed by atoms with Crippen molar-refractivity contribution in [2.24, 2.45) is 0 Å². The van der Waals surface area contributed by atoms with Crippen molar-refractivity contribution in [1.29, 1.82) is 0 Å². The van der Waals surface area contributed by atoms with E-state index in [-0.39, 0.29) is 5.69 Å². The SMILES string of the molecule is Cc1cccn2cc(-c3cccc([N+](=O)[O-])c3)nc12. The lowest BCUT2D eigenvalue weighted by Crippen LogP contribution is -1.88. The number of benzene rings is 1. The van der Waals surface area contributed by atoms with Gasteiger partial charge in [-0.05, 0) is 18.6 Å². The van der Waals surface area contributed by atoms with Crippen molar-refractivity contribution in [2.45, 2.75) is 6.92 Å². The molecule has 0 saturated heterocycles. The molecule has 0 aliphatic rings. The molecule has 19 heavy (non-hydrogen) atoms. The summed E-state index contributed by atoms with van der Waals surface area (Å²) < 4.78 is 1.92. The molecule has 5 nitrogen and oxygen atoms in total. The van der Waals surface area contributed by atoms with Gasteiger partial charge in [0.2, 0.25) is 0 Å². The highest BCUT2D eigenvalue weighted by molar-refractivity contribution is 5.66. The summed E-state index contributed by atoms with van der Waals surface area (Å²) in [4.78, 5) is 14.9. The first-order valence-electron chi connectivity index (χ1n) is 5.84. The van der Waals surface area contributed by atoms with Gasteiger partial charge < -0.3 is 4.40 Å². The summed E-state index contributed by atoms with van der Waals surface area (Å²) in [7, 11) is 0. The van der Waals surface area contributed by atoms with Gasteiger partial charge in [0.1, 0.15) is 5.65 Å². The molecule has 0 radical (unpaired) electrons. The van der Waals surface area contributed by atoms with Crippen LogP contribution in [0.4, 0.5) is 5.69 Å². The van der Waals surface area contributed by atoms with Crippen molar-refractivity contribution in [3.05, 3.63) is 64.5 Å². The smallest absolute Gasteiger partial charge is 0.270 e. The van der Waals surface area contributed by atoms with Gasteiger partial charge in [-0.25, -0.2) is 4.98 Å². The zero-order valence-electron chi connectivity index (χ0n) is 10.3. The van der Waals surface area contributed by atoms with E-state index in [4.69, 9.17) is 0 Å². The number of non-ortho nitro benzene ring substituents is 1. The fraction of sp³-hybridized carbons (Fsp3) is 0.0714. The molecule has 0 aliphatic carbocycles. The number of nitro groups is 1. The summed E-state index contributed by atoms with van der Waals surface area (Å²) in [6.45, 7) is 1.99. The van der Waals surface area contributed by atoms with Crippen LogP contribution < -0.4 is 0 Å². The molecule has 0 aliphatic heterocycles. The van der Waals surface area contributed by atoms with Gasteiger partial charge in [0.25, 0.3) is 5.69 Å². The first-order chi connectivity index (χ1) is 9.15. The Kier molecular flexibility index (Phi) is 2.52. The van der Waals surface area contributed by atoms with Gasteiger partial charge in [0.05, 0.1) is 10.6 Å². The minimum Gasteiger partial charge on any atom is -0.306 e. The van der Waals surface area contributed by atoms with E-state index >= 15 is 0 Å². The van der Waals surface area contributed by atoms with Crippen molar-refractivity contribution in [3.63, 3.8) is 0 Å². The molecule has 0 spiro atoms. The molecule has 94 valence electrons. The average Bonchev–Trinajstić information content (AvgIpc) is 2.84. The van der Waals surface area contributed by atoms with Gasteiger partial charge >= 0.3 is 0 Å². The van der Waals surface area contributed by atoms with E-state index in [2.05, 4.69) is 4.98 Å². The lowest BCUT2D eigenvalue weighted by molar-refractivity contribution is -0.384. The van der Waals surface area contributed by atoms with Crippen LogP contribution in [0.5, 0.6) is 0 Å². The third-order valence-corrected chi connectivity index (χ3v) is 3.03. The summed E-state index contributed by atoms with van der Waals surface area (Å²) >= 11 is 0. The zero-order chi connectivity index (χ0) is 13.4. The van der Waals surface area contributed by atoms with E-state index in [1.165, 1.54) is 12.1 Å². The average molecular weight is 253 g/mol. The summed E-state index contributed by atoms with van der Waals surface area (Å²) in [6.07, 6.45) is 3.79. The molecule has 0 fully saturated rings. The van der Waals surface area contributed by atoms with Crippen LogP contribution in [0.2, 0.25) is 0 Å². The second kappa shape index (κ2) is 4.20. The van der Waals surface area contributed by atoms with Gasteiger partial charge in [0, 0.05) is 30.1 Å². The molecule has 0 N–H and O–H groups in total. The Morgan fingerprint density at radius 3 is 2.84 bits per heavy atom. The number of aryl methyl sites for hydroxylation is 1. The maximum absolute atomic E-state index is 10.8. The Bertz CT molecular complexity index is 777. The van der Waals surface area contributed by atoms with Crippen LogP contribution >= 0.6 is 0 Å². The number of nitrogens with zero attached hydrogens (tertiary/aromatic N) is 3. The number of rotatable bonds is 2. The van der Waals surface area contributed by atoms with Crippen LogP contribution in [0.1, 0.15) is 5.56 Å². The number of nitro benzene ring substituents is 1. The molecular weight excluding hydrogens is 242 g/mol. The Hall–Kier alpha value is -2.69. The van der Waals surface area contributed by atoms with Crippen molar-refractivity contribution < 1.29 is 4.92 Å². The molecule has 0 unspecified atom stereocenters. The molecule has 0 saturated carbocycles. The minimum atomic E-state index is -0.398. The Balaban J connectivity index is 2.16. The fourth-order valence-corrected chi connectivity index (χ4v) is 2.07. The van der Waals surface area contributed by atoms with E-state index in [0.717, 1.165) is 22.5 Å². The number of aromatic nitrogens is 2. The van der Waals surface area contributed by atoms with E-state index in [9.17, 15) is 10.1 Å². The van der Waals surface area contributed by atoms with Crippen LogP contribution in [0, 0.1) is 17.0 Å². The van der Waals surface area contributed by atoms with Crippen LogP contribution in [-0.2, 0) is 0 Å². The van der Waals surface area contributed by atoms with Gasteiger partial charge in [0.15, 0.2) is 0 Å². The molecule has 3 aromatic rings. The first-order valence-corrected chi connectivity index (χ1v) is 5.84. The van der Waals surface area contributed by atoms with Crippen LogP contribution in [0.3, 0.4) is 0 Å². The Morgan fingerprint density at radius 2 is 2.11 bits per heavy atom. The summed E-state index contributed by atoms with van der Waals surface area (Å²) in [5.74, 6) is 0. The van der Waals surface area contributed by atoms with E-state index in [1.807, 2.05) is 41.9 Å². The third-order valence-electron chi connectivity index (χ3n) is 3.03. The molecule has 0 amide bonds. The predicted molar refractivity (Wildman–Crippen MR) is 72.0 cm³/mol. The first kappa shape index (κ1) is 11.4. The maximum Gasteiger partial charge on any atom is 0.270 e. The second-order valence-corrected chi connectivity index (χ2v) is 4.36. The Morgan fingerprint density at radius 1 is 1.26 bits per heavy atom. The number of hydrogen-bond acceptors (Lipinski definition) is 3. The predicted octanol–water partition coefficient (Wildman–Crippen LogP) is 3.22. The van der Waals surface area contributed by atoms with Gasteiger partial charge in [-0.1, -0.05) is 18.2 Å². The van der Waals surface area contributed by atoms with Crippen LogP contribution in [-0.4, -0.2) is 14.3 Å². The number of pyridine rings is 1. The quantitative estimate of drug-likeness (QED) is 0.520.